The van der Waals surface area contributed by atoms with E-state index in [4.69, 9.17) is 4.74 Å². The Balaban J connectivity index is 1.78. The highest BCUT2D eigenvalue weighted by Gasteiger charge is 2.38. The molecule has 3 aromatic rings. The van der Waals surface area contributed by atoms with Crippen molar-refractivity contribution in [3.8, 4) is 5.75 Å². The summed E-state index contributed by atoms with van der Waals surface area (Å²) in [7, 11) is -8.24. The van der Waals surface area contributed by atoms with Crippen LogP contribution in [0.25, 0.3) is 0 Å². The third-order valence-corrected chi connectivity index (χ3v) is 8.60. The molecule has 0 aliphatic carbocycles. The Bertz CT molecular complexity index is 1590. The number of sulfone groups is 1. The summed E-state index contributed by atoms with van der Waals surface area (Å²) in [5.74, 6) is -0.446. The molecule has 40 heavy (non-hydrogen) atoms. The van der Waals surface area contributed by atoms with Crippen molar-refractivity contribution < 1.29 is 52.7 Å². The number of benzene rings is 3. The van der Waals surface area contributed by atoms with E-state index in [-0.39, 0.29) is 4.90 Å². The van der Waals surface area contributed by atoms with Gasteiger partial charge >= 0.3 is 18.4 Å². The Morgan fingerprint density at radius 3 is 2.08 bits per heavy atom. The summed E-state index contributed by atoms with van der Waals surface area (Å²) < 4.78 is 137. The summed E-state index contributed by atoms with van der Waals surface area (Å²) >= 11 is 0. The molecule has 1 N–H and O–H groups in total. The van der Waals surface area contributed by atoms with Gasteiger partial charge in [-0.15, -0.1) is 0 Å². The number of ether oxygens (including phenoxy) is 1. The number of carbonyl (C=O) groups is 1. The van der Waals surface area contributed by atoms with Crippen molar-refractivity contribution in [1.82, 2.24) is 9.62 Å². The lowest BCUT2D eigenvalue weighted by molar-refractivity contribution is -0.140. The quantitative estimate of drug-likeness (QED) is 0.361. The number of alkyl halides is 6. The van der Waals surface area contributed by atoms with E-state index in [0.29, 0.717) is 24.3 Å². The van der Waals surface area contributed by atoms with Gasteiger partial charge in [-0.1, -0.05) is 24.3 Å². The number of nitrogens with zero attached hydrogens (tertiary/aromatic N) is 1. The summed E-state index contributed by atoms with van der Waals surface area (Å²) in [6.07, 6.45) is -11.0. The van der Waals surface area contributed by atoms with Crippen molar-refractivity contribution in [3.05, 3.63) is 83.9 Å². The number of rotatable bonds is 8. The van der Waals surface area contributed by atoms with Crippen molar-refractivity contribution in [2.24, 2.45) is 0 Å². The van der Waals surface area contributed by atoms with E-state index in [1.807, 2.05) is 4.72 Å². The molecule has 0 unspecified atom stereocenters. The van der Waals surface area contributed by atoms with Crippen LogP contribution >= 0.6 is 0 Å². The van der Waals surface area contributed by atoms with Crippen molar-refractivity contribution >= 4 is 26.0 Å². The molecule has 0 heterocycles. The number of amides is 1. The maximum Gasteiger partial charge on any atom is 0.417 e. The van der Waals surface area contributed by atoms with Crippen LogP contribution in [0.4, 0.5) is 31.1 Å². The Kier molecular flexibility index (Phi) is 8.86. The highest BCUT2D eigenvalue weighted by Crippen LogP contribution is 2.36. The first-order valence-electron chi connectivity index (χ1n) is 11.0. The van der Waals surface area contributed by atoms with Crippen LogP contribution in [-0.4, -0.2) is 48.0 Å². The molecule has 0 radical (unpaired) electrons. The molecule has 1 amide bonds. The van der Waals surface area contributed by atoms with Crippen LogP contribution in [0.1, 0.15) is 11.1 Å². The summed E-state index contributed by atoms with van der Waals surface area (Å²) in [5, 5.41) is 0. The highest BCUT2D eigenvalue weighted by molar-refractivity contribution is 7.91. The fourth-order valence-electron chi connectivity index (χ4n) is 3.29. The third-order valence-electron chi connectivity index (χ3n) is 5.33. The smallest absolute Gasteiger partial charge is 0.410 e. The monoisotopic (exact) mass is 610 g/mol. The molecule has 0 bridgehead atoms. The van der Waals surface area contributed by atoms with Crippen molar-refractivity contribution in [3.63, 3.8) is 0 Å². The summed E-state index contributed by atoms with van der Waals surface area (Å²) in [6, 6.07) is 11.4. The average Bonchev–Trinajstić information content (AvgIpc) is 2.87. The van der Waals surface area contributed by atoms with Gasteiger partial charge in [0, 0.05) is 20.1 Å². The molecular weight excluding hydrogens is 590 g/mol. The molecule has 0 fully saturated rings. The molecule has 0 aliphatic rings. The van der Waals surface area contributed by atoms with Gasteiger partial charge in [0.2, 0.25) is 19.9 Å². The molecule has 0 aliphatic heterocycles. The van der Waals surface area contributed by atoms with Gasteiger partial charge in [-0.2, -0.15) is 26.3 Å². The van der Waals surface area contributed by atoms with Crippen LogP contribution in [0, 0.1) is 0 Å². The zero-order chi connectivity index (χ0) is 29.9. The van der Waals surface area contributed by atoms with Gasteiger partial charge < -0.3 is 9.64 Å². The summed E-state index contributed by atoms with van der Waals surface area (Å²) in [6.45, 7) is -1.12. The van der Waals surface area contributed by atoms with E-state index in [9.17, 15) is 48.0 Å². The number of sulfonamides is 1. The van der Waals surface area contributed by atoms with Gasteiger partial charge in [0.05, 0.1) is 25.8 Å². The standard InChI is InChI=1S/C24H20F6N2O6S2/c1-32(22(33)38-17-7-5-6-16(14-17)23(25,26)27)13-12-31-40(36,37)21-15-19(10-11-20(21)24(28,29)30)39(34,35)18-8-3-2-4-9-18/h2-11,14-15,31H,12-13H2,1H3. The number of nitrogens with one attached hydrogen (secondary N) is 1. The molecule has 0 atom stereocenters. The van der Waals surface area contributed by atoms with Crippen molar-refractivity contribution in [2.45, 2.75) is 27.0 Å². The number of likely N-dealkylation sites (N-methyl/N-ethyl adjacent to an activating group) is 1. The Morgan fingerprint density at radius 2 is 1.48 bits per heavy atom. The lowest BCUT2D eigenvalue weighted by atomic mass is 10.2. The Morgan fingerprint density at radius 1 is 0.825 bits per heavy atom. The minimum absolute atomic E-state index is 0.271. The normalized spacial score (nSPS) is 12.7. The van der Waals surface area contributed by atoms with E-state index in [1.165, 1.54) is 30.3 Å². The lowest BCUT2D eigenvalue weighted by Crippen LogP contribution is -2.38. The molecule has 0 saturated carbocycles. The van der Waals surface area contributed by atoms with Gasteiger partial charge in [0.1, 0.15) is 5.75 Å². The SMILES string of the molecule is CN(CCNS(=O)(=O)c1cc(S(=O)(=O)c2ccccc2)ccc1C(F)(F)F)C(=O)Oc1cccc(C(F)(F)F)c1. The number of carbonyl (C=O) groups excluding carboxylic acids is 1. The first kappa shape index (κ1) is 30.9. The number of halogens is 6. The second-order valence-corrected chi connectivity index (χ2v) is 11.9. The zero-order valence-corrected chi connectivity index (χ0v) is 22.0. The molecule has 3 aromatic carbocycles. The maximum atomic E-state index is 13.6. The Labute approximate surface area is 225 Å². The minimum atomic E-state index is -5.16. The minimum Gasteiger partial charge on any atom is -0.410 e. The van der Waals surface area contributed by atoms with Crippen LogP contribution in [-0.2, 0) is 32.2 Å². The molecule has 0 spiro atoms. The van der Waals surface area contributed by atoms with Crippen molar-refractivity contribution in [1.29, 1.82) is 0 Å². The molecule has 3 rings (SSSR count). The average molecular weight is 611 g/mol. The number of hydrogen-bond acceptors (Lipinski definition) is 6. The fraction of sp³-hybridized carbons (Fsp3) is 0.208. The van der Waals surface area contributed by atoms with Gasteiger partial charge in [-0.3, -0.25) is 0 Å². The predicted octanol–water partition coefficient (Wildman–Crippen LogP) is 4.97. The largest absolute Gasteiger partial charge is 0.417 e. The van der Waals surface area contributed by atoms with E-state index in [0.717, 1.165) is 30.1 Å². The van der Waals surface area contributed by atoms with E-state index >= 15 is 0 Å². The van der Waals surface area contributed by atoms with Gasteiger partial charge in [0.15, 0.2) is 0 Å². The molecule has 216 valence electrons. The Hall–Kier alpha value is -3.63. The first-order valence-corrected chi connectivity index (χ1v) is 14.0. The molecule has 8 nitrogen and oxygen atoms in total. The van der Waals surface area contributed by atoms with Gasteiger partial charge in [-0.05, 0) is 48.5 Å². The predicted molar refractivity (Wildman–Crippen MR) is 129 cm³/mol. The number of hydrogen-bond donors (Lipinski definition) is 1. The van der Waals surface area contributed by atoms with Crippen LogP contribution in [0.2, 0.25) is 0 Å². The van der Waals surface area contributed by atoms with E-state index < -0.39 is 78.1 Å². The molecule has 0 aromatic heterocycles. The second-order valence-electron chi connectivity index (χ2n) is 8.19. The van der Waals surface area contributed by atoms with Gasteiger partial charge in [0.25, 0.3) is 0 Å². The summed E-state index contributed by atoms with van der Waals surface area (Å²) in [5.41, 5.74) is -2.70. The summed E-state index contributed by atoms with van der Waals surface area (Å²) in [4.78, 5) is 10.6. The van der Waals surface area contributed by atoms with Crippen LogP contribution in [0.15, 0.2) is 87.5 Å². The molecule has 16 heteroatoms. The van der Waals surface area contributed by atoms with Crippen LogP contribution in [0.5, 0.6) is 5.75 Å². The van der Waals surface area contributed by atoms with Crippen LogP contribution in [0.3, 0.4) is 0 Å². The maximum absolute atomic E-state index is 13.6. The zero-order valence-electron chi connectivity index (χ0n) is 20.3. The lowest BCUT2D eigenvalue weighted by Gasteiger charge is -2.19. The van der Waals surface area contributed by atoms with Crippen molar-refractivity contribution in [2.75, 3.05) is 20.1 Å². The highest BCUT2D eigenvalue weighted by atomic mass is 32.2. The third kappa shape index (κ3) is 7.31. The fourth-order valence-corrected chi connectivity index (χ4v) is 5.95. The second kappa shape index (κ2) is 11.5. The van der Waals surface area contributed by atoms with Crippen LogP contribution < -0.4 is 9.46 Å². The topological polar surface area (TPSA) is 110 Å². The van der Waals surface area contributed by atoms with E-state index in [2.05, 4.69) is 0 Å². The van der Waals surface area contributed by atoms with E-state index in [1.54, 1.807) is 0 Å². The molecule has 0 saturated heterocycles. The van der Waals surface area contributed by atoms with Gasteiger partial charge in [-0.25, -0.2) is 26.4 Å². The first-order chi connectivity index (χ1) is 18.4. The molecular formula is C24H20F6N2O6S2.